The molecular formula is C16H29NO3. The second-order valence-electron chi connectivity index (χ2n) is 6.78. The molecule has 4 heteroatoms. The van der Waals surface area contributed by atoms with Gasteiger partial charge in [-0.2, -0.15) is 0 Å². The number of carbonyl (C=O) groups excluding carboxylic acids is 1. The van der Waals surface area contributed by atoms with Crippen molar-refractivity contribution in [2.24, 2.45) is 5.92 Å². The van der Waals surface area contributed by atoms with E-state index >= 15 is 0 Å². The van der Waals surface area contributed by atoms with Crippen LogP contribution in [0, 0.1) is 5.92 Å². The molecule has 20 heavy (non-hydrogen) atoms. The number of methoxy groups -OCH3 is 1. The maximum Gasteiger partial charge on any atom is 0.322 e. The van der Waals surface area contributed by atoms with E-state index in [-0.39, 0.29) is 23.7 Å². The quantitative estimate of drug-likeness (QED) is 0.761. The highest BCUT2D eigenvalue weighted by Gasteiger charge is 2.42. The Balaban J connectivity index is 1.79. The lowest BCUT2D eigenvalue weighted by atomic mass is 9.98. The summed E-state index contributed by atoms with van der Waals surface area (Å²) in [6, 6.07) is -0.205. The van der Waals surface area contributed by atoms with Gasteiger partial charge in [0.15, 0.2) is 0 Å². The Morgan fingerprint density at radius 3 is 2.65 bits per heavy atom. The molecule has 2 atom stereocenters. The summed E-state index contributed by atoms with van der Waals surface area (Å²) in [6.45, 7) is 5.00. The number of rotatable bonds is 6. The van der Waals surface area contributed by atoms with Crippen molar-refractivity contribution in [2.75, 3.05) is 13.7 Å². The Bertz CT molecular complexity index is 324. The minimum atomic E-state index is -0.205. The Kier molecular flexibility index (Phi) is 5.44. The van der Waals surface area contributed by atoms with Gasteiger partial charge < -0.3 is 14.8 Å². The molecular weight excluding hydrogens is 254 g/mol. The minimum Gasteiger partial charge on any atom is -0.468 e. The summed E-state index contributed by atoms with van der Waals surface area (Å²) < 4.78 is 11.1. The van der Waals surface area contributed by atoms with Crippen LogP contribution in [0.1, 0.15) is 58.8 Å². The van der Waals surface area contributed by atoms with Gasteiger partial charge in [0, 0.05) is 6.54 Å². The van der Waals surface area contributed by atoms with E-state index in [2.05, 4.69) is 19.2 Å². The Morgan fingerprint density at radius 2 is 2.05 bits per heavy atom. The highest BCUT2D eigenvalue weighted by atomic mass is 16.5. The van der Waals surface area contributed by atoms with Crippen LogP contribution in [0.15, 0.2) is 0 Å². The average Bonchev–Trinajstić information content (AvgIpc) is 3.04. The van der Waals surface area contributed by atoms with E-state index in [1.807, 2.05) is 0 Å². The van der Waals surface area contributed by atoms with Crippen molar-refractivity contribution < 1.29 is 14.3 Å². The molecule has 116 valence electrons. The number of hydrogen-bond acceptors (Lipinski definition) is 4. The van der Waals surface area contributed by atoms with Crippen LogP contribution in [0.5, 0.6) is 0 Å². The van der Waals surface area contributed by atoms with Gasteiger partial charge in [-0.05, 0) is 38.0 Å². The van der Waals surface area contributed by atoms with Crippen molar-refractivity contribution in [3.8, 4) is 0 Å². The molecule has 2 aliphatic rings. The zero-order chi connectivity index (χ0) is 14.6. The van der Waals surface area contributed by atoms with Crippen molar-refractivity contribution in [3.63, 3.8) is 0 Å². The molecule has 1 aliphatic carbocycles. The summed E-state index contributed by atoms with van der Waals surface area (Å²) in [5.74, 6) is 0.310. The Morgan fingerprint density at radius 1 is 1.35 bits per heavy atom. The molecule has 1 spiro atoms. The Labute approximate surface area is 122 Å². The van der Waals surface area contributed by atoms with Crippen LogP contribution in [0.2, 0.25) is 0 Å². The van der Waals surface area contributed by atoms with Gasteiger partial charge in [-0.3, -0.25) is 4.79 Å². The van der Waals surface area contributed by atoms with Gasteiger partial charge in [0.25, 0.3) is 0 Å². The minimum absolute atomic E-state index is 0.160. The third kappa shape index (κ3) is 3.95. The third-order valence-electron chi connectivity index (χ3n) is 4.64. The van der Waals surface area contributed by atoms with Gasteiger partial charge in [-0.1, -0.05) is 26.7 Å². The van der Waals surface area contributed by atoms with E-state index in [4.69, 9.17) is 9.47 Å². The molecule has 0 radical (unpaired) electrons. The largest absolute Gasteiger partial charge is 0.468 e. The molecule has 4 nitrogen and oxygen atoms in total. The monoisotopic (exact) mass is 283 g/mol. The van der Waals surface area contributed by atoms with Crippen molar-refractivity contribution in [1.82, 2.24) is 5.32 Å². The molecule has 0 aromatic rings. The number of hydrogen-bond donors (Lipinski definition) is 1. The zero-order valence-electron chi connectivity index (χ0n) is 13.1. The lowest BCUT2D eigenvalue weighted by Crippen LogP contribution is -2.43. The molecule has 2 rings (SSSR count). The molecule has 0 aromatic heterocycles. The van der Waals surface area contributed by atoms with Crippen LogP contribution < -0.4 is 5.32 Å². The molecule has 2 fully saturated rings. The van der Waals surface area contributed by atoms with Crippen LogP contribution >= 0.6 is 0 Å². The van der Waals surface area contributed by atoms with E-state index in [9.17, 15) is 4.79 Å². The second-order valence-corrected chi connectivity index (χ2v) is 6.78. The second kappa shape index (κ2) is 6.90. The van der Waals surface area contributed by atoms with Gasteiger partial charge in [0.2, 0.25) is 0 Å². The van der Waals surface area contributed by atoms with Gasteiger partial charge in [-0.15, -0.1) is 0 Å². The summed E-state index contributed by atoms with van der Waals surface area (Å²) in [5, 5.41) is 3.35. The maximum absolute atomic E-state index is 11.8. The van der Waals surface area contributed by atoms with Crippen LogP contribution in [0.4, 0.5) is 0 Å². The van der Waals surface area contributed by atoms with Gasteiger partial charge in [0.1, 0.15) is 6.04 Å². The van der Waals surface area contributed by atoms with Crippen molar-refractivity contribution >= 4 is 5.97 Å². The highest BCUT2D eigenvalue weighted by Crippen LogP contribution is 2.43. The lowest BCUT2D eigenvalue weighted by Gasteiger charge is -2.25. The first-order chi connectivity index (χ1) is 9.54. The summed E-state index contributed by atoms with van der Waals surface area (Å²) in [4.78, 5) is 11.8. The predicted molar refractivity (Wildman–Crippen MR) is 78.6 cm³/mol. The zero-order valence-corrected chi connectivity index (χ0v) is 13.1. The topological polar surface area (TPSA) is 47.6 Å². The SMILES string of the molecule is COC(=O)C(CC(C)C)NCC1CCC2(CCCC2)O1. The number of nitrogens with one attached hydrogen (secondary N) is 1. The van der Waals surface area contributed by atoms with Gasteiger partial charge in [0.05, 0.1) is 18.8 Å². The molecule has 2 unspecified atom stereocenters. The number of carbonyl (C=O) groups is 1. The summed E-state index contributed by atoms with van der Waals surface area (Å²) in [6.07, 6.45) is 8.41. The first-order valence-corrected chi connectivity index (χ1v) is 8.04. The maximum atomic E-state index is 11.8. The predicted octanol–water partition coefficient (Wildman–Crippen LogP) is 2.66. The van der Waals surface area contributed by atoms with Crippen molar-refractivity contribution in [1.29, 1.82) is 0 Å². The average molecular weight is 283 g/mol. The van der Waals surface area contributed by atoms with Crippen LogP contribution in [0.3, 0.4) is 0 Å². The molecule has 0 bridgehead atoms. The first kappa shape index (κ1) is 15.8. The normalized spacial score (nSPS) is 26.3. The van der Waals surface area contributed by atoms with Crippen molar-refractivity contribution in [2.45, 2.75) is 76.5 Å². The molecule has 0 aromatic carbocycles. The first-order valence-electron chi connectivity index (χ1n) is 8.04. The highest BCUT2D eigenvalue weighted by molar-refractivity contribution is 5.75. The van der Waals surface area contributed by atoms with Crippen LogP contribution in [-0.2, 0) is 14.3 Å². The van der Waals surface area contributed by atoms with E-state index in [1.165, 1.54) is 39.2 Å². The van der Waals surface area contributed by atoms with Gasteiger partial charge >= 0.3 is 5.97 Å². The fraction of sp³-hybridized carbons (Fsp3) is 0.938. The fourth-order valence-corrected chi connectivity index (χ4v) is 3.58. The standard InChI is InChI=1S/C16H29NO3/c1-12(2)10-14(15(18)19-3)17-11-13-6-9-16(20-13)7-4-5-8-16/h12-14,17H,4-11H2,1-3H3. The van der Waals surface area contributed by atoms with Crippen LogP contribution in [0.25, 0.3) is 0 Å². The molecule has 1 N–H and O–H groups in total. The Hall–Kier alpha value is -0.610. The number of ether oxygens (including phenoxy) is 2. The molecule has 1 aliphatic heterocycles. The van der Waals surface area contributed by atoms with E-state index < -0.39 is 0 Å². The summed E-state index contributed by atoms with van der Waals surface area (Å²) in [7, 11) is 1.46. The van der Waals surface area contributed by atoms with Crippen LogP contribution in [-0.4, -0.2) is 37.4 Å². The summed E-state index contributed by atoms with van der Waals surface area (Å²) in [5.41, 5.74) is 0.172. The molecule has 0 amide bonds. The molecule has 1 heterocycles. The molecule has 1 saturated carbocycles. The smallest absolute Gasteiger partial charge is 0.322 e. The van der Waals surface area contributed by atoms with E-state index in [1.54, 1.807) is 0 Å². The van der Waals surface area contributed by atoms with Gasteiger partial charge in [-0.25, -0.2) is 0 Å². The fourth-order valence-electron chi connectivity index (χ4n) is 3.58. The number of esters is 1. The van der Waals surface area contributed by atoms with E-state index in [0.29, 0.717) is 5.92 Å². The summed E-state index contributed by atoms with van der Waals surface area (Å²) >= 11 is 0. The molecule has 1 saturated heterocycles. The van der Waals surface area contributed by atoms with Crippen molar-refractivity contribution in [3.05, 3.63) is 0 Å². The van der Waals surface area contributed by atoms with E-state index in [0.717, 1.165) is 19.4 Å². The third-order valence-corrected chi connectivity index (χ3v) is 4.64. The lowest BCUT2D eigenvalue weighted by molar-refractivity contribution is -0.143.